The molecule has 0 bridgehead atoms. The molecule has 0 saturated carbocycles. The van der Waals surface area contributed by atoms with Crippen LogP contribution in [-0.2, 0) is 20.1 Å². The summed E-state index contributed by atoms with van der Waals surface area (Å²) >= 11 is 0. The van der Waals surface area contributed by atoms with E-state index in [1.54, 1.807) is 0 Å². The van der Waals surface area contributed by atoms with Gasteiger partial charge in [0.1, 0.15) is 11.2 Å². The molecule has 2 nitrogen and oxygen atoms in total. The van der Waals surface area contributed by atoms with Gasteiger partial charge in [0, 0.05) is 0 Å². The Bertz CT molecular complexity index is 1020. The molecule has 0 aliphatic rings. The summed E-state index contributed by atoms with van der Waals surface area (Å²) in [5.74, 6) is 0. The van der Waals surface area contributed by atoms with Crippen molar-refractivity contribution in [2.45, 2.75) is 69.2 Å². The molecular weight excluding hydrogens is 509 g/mol. The maximum absolute atomic E-state index is 6.98. The molecule has 0 amide bonds. The predicted molar refractivity (Wildman–Crippen MR) is 171 cm³/mol. The van der Waals surface area contributed by atoms with E-state index in [1.807, 2.05) is 0 Å². The molecule has 4 aromatic rings. The first-order valence-electron chi connectivity index (χ1n) is 14.7. The van der Waals surface area contributed by atoms with Gasteiger partial charge in [0.25, 0.3) is 0 Å². The second kappa shape index (κ2) is 15.1. The van der Waals surface area contributed by atoms with Crippen molar-refractivity contribution in [3.8, 4) is 0 Å². The number of hydrogen-bond donors (Lipinski definition) is 0. The van der Waals surface area contributed by atoms with E-state index in [4.69, 9.17) is 8.85 Å². The van der Waals surface area contributed by atoms with Crippen LogP contribution in [0.5, 0.6) is 0 Å². The van der Waals surface area contributed by atoms with Crippen LogP contribution >= 0.6 is 0 Å². The second-order valence-corrected chi connectivity index (χ2v) is 13.2. The van der Waals surface area contributed by atoms with Crippen LogP contribution < -0.4 is 0 Å². The molecule has 4 aromatic carbocycles. The lowest BCUT2D eigenvalue weighted by atomic mass is 9.83. The third-order valence-electron chi connectivity index (χ3n) is 7.65. The minimum absolute atomic E-state index is 0.339. The Kier molecular flexibility index (Phi) is 11.3. The Labute approximate surface area is 240 Å². The molecular formula is C35H44O2Si2. The molecule has 0 aliphatic carbocycles. The van der Waals surface area contributed by atoms with Gasteiger partial charge >= 0.3 is 0 Å². The van der Waals surface area contributed by atoms with E-state index in [1.165, 1.54) is 40.8 Å². The summed E-state index contributed by atoms with van der Waals surface area (Å²) in [6.07, 6.45) is 5.35. The van der Waals surface area contributed by atoms with Gasteiger partial charge in [0.15, 0.2) is 19.5 Å². The maximum Gasteiger partial charge on any atom is 0.163 e. The topological polar surface area (TPSA) is 18.5 Å². The van der Waals surface area contributed by atoms with E-state index in [2.05, 4.69) is 135 Å². The standard InChI is InChI=1S/C35H44O2Si2/c1-3-26-34(30-18-9-5-10-19-30,31-20-11-6-12-21-31)36-38-28-17-29-39-37-35(27-4-2,32-22-13-7-14-23-32)33-24-15-8-16-25-33/h5-16,18-25H,3-4,17,26-29,38-39H2,1-2H3. The highest BCUT2D eigenvalue weighted by molar-refractivity contribution is 6.29. The van der Waals surface area contributed by atoms with E-state index in [0.29, 0.717) is 0 Å². The van der Waals surface area contributed by atoms with Gasteiger partial charge in [-0.3, -0.25) is 0 Å². The molecule has 0 aromatic heterocycles. The van der Waals surface area contributed by atoms with Gasteiger partial charge in [-0.1, -0.05) is 154 Å². The Balaban J connectivity index is 1.40. The van der Waals surface area contributed by atoms with Crippen molar-refractivity contribution in [1.82, 2.24) is 0 Å². The Morgan fingerprint density at radius 1 is 0.462 bits per heavy atom. The second-order valence-electron chi connectivity index (χ2n) is 10.4. The molecule has 0 aliphatic heterocycles. The Hall–Kier alpha value is -2.77. The van der Waals surface area contributed by atoms with E-state index < -0.39 is 19.5 Å². The fraction of sp³-hybridized carbons (Fsp3) is 0.314. The first-order chi connectivity index (χ1) is 19.2. The quantitative estimate of drug-likeness (QED) is 0.104. The monoisotopic (exact) mass is 552 g/mol. The van der Waals surface area contributed by atoms with Crippen molar-refractivity contribution in [2.75, 3.05) is 0 Å². The molecule has 0 spiro atoms. The highest BCUT2D eigenvalue weighted by Crippen LogP contribution is 2.39. The summed E-state index contributed by atoms with van der Waals surface area (Å²) in [4.78, 5) is 0. The fourth-order valence-corrected chi connectivity index (χ4v) is 9.56. The zero-order valence-corrected chi connectivity index (χ0v) is 26.6. The van der Waals surface area contributed by atoms with Crippen molar-refractivity contribution in [1.29, 1.82) is 0 Å². The fourth-order valence-electron chi connectivity index (χ4n) is 5.80. The molecule has 0 unspecified atom stereocenters. The normalized spacial score (nSPS) is 12.6. The van der Waals surface area contributed by atoms with Gasteiger partial charge in [0.2, 0.25) is 0 Å². The van der Waals surface area contributed by atoms with Crippen LogP contribution in [0.3, 0.4) is 0 Å². The summed E-state index contributed by atoms with van der Waals surface area (Å²) in [6.45, 7) is 4.52. The predicted octanol–water partition coefficient (Wildman–Crippen LogP) is 7.90. The third-order valence-corrected chi connectivity index (χ3v) is 10.6. The summed E-state index contributed by atoms with van der Waals surface area (Å²) < 4.78 is 14.0. The lowest BCUT2D eigenvalue weighted by molar-refractivity contribution is 0.103. The van der Waals surface area contributed by atoms with Crippen LogP contribution in [0.4, 0.5) is 0 Å². The highest BCUT2D eigenvalue weighted by Gasteiger charge is 2.35. The SMILES string of the molecule is CCCC(O[SiH2]CCC[SiH2]OC(CCC)(c1ccccc1)c1ccccc1)(c1ccccc1)c1ccccc1. The molecule has 0 fully saturated rings. The lowest BCUT2D eigenvalue weighted by Crippen LogP contribution is -2.33. The van der Waals surface area contributed by atoms with Gasteiger partial charge in [-0.05, 0) is 47.2 Å². The van der Waals surface area contributed by atoms with Crippen molar-refractivity contribution >= 4 is 19.5 Å². The molecule has 0 saturated heterocycles. The van der Waals surface area contributed by atoms with Crippen molar-refractivity contribution in [3.63, 3.8) is 0 Å². The smallest absolute Gasteiger partial charge is 0.163 e. The average molecular weight is 553 g/mol. The average Bonchev–Trinajstić information content (AvgIpc) is 3.01. The van der Waals surface area contributed by atoms with Crippen LogP contribution in [-0.4, -0.2) is 19.5 Å². The van der Waals surface area contributed by atoms with Gasteiger partial charge in [-0.15, -0.1) is 0 Å². The summed E-state index contributed by atoms with van der Waals surface area (Å²) in [5, 5.41) is 0. The highest BCUT2D eigenvalue weighted by atomic mass is 28.2. The number of rotatable bonds is 16. The molecule has 4 rings (SSSR count). The van der Waals surface area contributed by atoms with Gasteiger partial charge in [-0.25, -0.2) is 0 Å². The largest absolute Gasteiger partial charge is 0.410 e. The van der Waals surface area contributed by atoms with Gasteiger partial charge in [-0.2, -0.15) is 0 Å². The zero-order valence-electron chi connectivity index (χ0n) is 23.7. The Morgan fingerprint density at radius 3 is 1.00 bits per heavy atom. The summed E-state index contributed by atoms with van der Waals surface area (Å²) in [7, 11) is -1.41. The van der Waals surface area contributed by atoms with Crippen LogP contribution in [0.25, 0.3) is 0 Å². The van der Waals surface area contributed by atoms with Gasteiger partial charge < -0.3 is 8.85 Å². The van der Waals surface area contributed by atoms with Gasteiger partial charge in [0.05, 0.1) is 0 Å². The van der Waals surface area contributed by atoms with E-state index >= 15 is 0 Å². The minimum atomic E-state index is -0.707. The first-order valence-corrected chi connectivity index (χ1v) is 17.9. The van der Waals surface area contributed by atoms with Crippen LogP contribution in [0.2, 0.25) is 12.1 Å². The molecule has 0 heterocycles. The molecule has 4 heteroatoms. The minimum Gasteiger partial charge on any atom is -0.410 e. The maximum atomic E-state index is 6.98. The molecule has 39 heavy (non-hydrogen) atoms. The van der Waals surface area contributed by atoms with Crippen molar-refractivity contribution in [3.05, 3.63) is 144 Å². The summed E-state index contributed by atoms with van der Waals surface area (Å²) in [6, 6.07) is 45.7. The first kappa shape index (κ1) is 29.2. The molecule has 0 radical (unpaired) electrons. The number of hydrogen-bond acceptors (Lipinski definition) is 2. The molecule has 0 atom stereocenters. The van der Waals surface area contributed by atoms with Crippen molar-refractivity contribution in [2.24, 2.45) is 0 Å². The lowest BCUT2D eigenvalue weighted by Gasteiger charge is -2.36. The van der Waals surface area contributed by atoms with E-state index in [0.717, 1.165) is 25.7 Å². The molecule has 0 N–H and O–H groups in total. The van der Waals surface area contributed by atoms with Crippen LogP contribution in [0.15, 0.2) is 121 Å². The van der Waals surface area contributed by atoms with E-state index in [-0.39, 0.29) is 11.2 Å². The van der Waals surface area contributed by atoms with Crippen LogP contribution in [0, 0.1) is 0 Å². The Morgan fingerprint density at radius 2 is 0.744 bits per heavy atom. The van der Waals surface area contributed by atoms with Crippen LogP contribution in [0.1, 0.15) is 68.2 Å². The zero-order chi connectivity index (χ0) is 27.2. The number of benzene rings is 4. The van der Waals surface area contributed by atoms with Crippen molar-refractivity contribution < 1.29 is 8.85 Å². The summed E-state index contributed by atoms with van der Waals surface area (Å²) in [5.41, 5.74) is 4.43. The third kappa shape index (κ3) is 7.26. The van der Waals surface area contributed by atoms with E-state index in [9.17, 15) is 0 Å². The molecule has 204 valence electrons.